The van der Waals surface area contributed by atoms with Gasteiger partial charge < -0.3 is 5.32 Å². The number of nitrogens with one attached hydrogen (secondary N) is 1. The lowest BCUT2D eigenvalue weighted by atomic mass is 9.99. The molecule has 1 heterocycles. The Hall–Kier alpha value is -0.590. The highest BCUT2D eigenvalue weighted by Gasteiger charge is 2.44. The van der Waals surface area contributed by atoms with Crippen LogP contribution < -0.4 is 5.32 Å². The fourth-order valence-electron chi connectivity index (χ4n) is 2.99. The molecule has 0 aromatic heterocycles. The van der Waals surface area contributed by atoms with Crippen LogP contribution in [0, 0.1) is 16.7 Å². The Labute approximate surface area is 112 Å². The Balaban J connectivity index is 1.86. The highest BCUT2D eigenvalue weighted by Crippen LogP contribution is 2.49. The molecule has 2 aliphatic rings. The molecule has 102 valence electrons. The summed E-state index contributed by atoms with van der Waals surface area (Å²) in [6.45, 7) is 8.03. The van der Waals surface area contributed by atoms with Crippen LogP contribution in [0.25, 0.3) is 0 Å². The third kappa shape index (κ3) is 3.70. The standard InChI is InChI=1S/C15H27N3/c1-13(2)18(11-14-5-3-4-10-17-14)12-15(6-7-15)8-9-16/h13-14,17H,3-8,10-12H2,1-2H3. The van der Waals surface area contributed by atoms with E-state index in [1.165, 1.54) is 38.6 Å². The van der Waals surface area contributed by atoms with E-state index in [0.717, 1.165) is 19.5 Å². The SMILES string of the molecule is CC(C)N(CC1CCCCN1)CC1(CC#N)CC1. The molecule has 3 heteroatoms. The maximum Gasteiger partial charge on any atom is 0.0628 e. The highest BCUT2D eigenvalue weighted by atomic mass is 15.2. The lowest BCUT2D eigenvalue weighted by Gasteiger charge is -2.35. The van der Waals surface area contributed by atoms with Gasteiger partial charge in [-0.2, -0.15) is 5.26 Å². The topological polar surface area (TPSA) is 39.1 Å². The van der Waals surface area contributed by atoms with Gasteiger partial charge in [0, 0.05) is 31.6 Å². The van der Waals surface area contributed by atoms with Crippen molar-refractivity contribution in [3.63, 3.8) is 0 Å². The smallest absolute Gasteiger partial charge is 0.0628 e. The van der Waals surface area contributed by atoms with Crippen molar-refractivity contribution in [3.8, 4) is 6.07 Å². The van der Waals surface area contributed by atoms with Crippen LogP contribution in [0.3, 0.4) is 0 Å². The molecule has 1 aliphatic heterocycles. The van der Waals surface area contributed by atoms with E-state index in [1.807, 2.05) is 0 Å². The number of piperidine rings is 1. The van der Waals surface area contributed by atoms with Gasteiger partial charge in [-0.3, -0.25) is 4.90 Å². The summed E-state index contributed by atoms with van der Waals surface area (Å²) in [6.07, 6.45) is 7.26. The minimum atomic E-state index is 0.341. The molecule has 0 aromatic rings. The van der Waals surface area contributed by atoms with E-state index in [0.29, 0.717) is 17.5 Å². The molecular formula is C15H27N3. The zero-order valence-electron chi connectivity index (χ0n) is 11.9. The molecule has 0 aromatic carbocycles. The molecule has 0 spiro atoms. The minimum Gasteiger partial charge on any atom is -0.313 e. The summed E-state index contributed by atoms with van der Waals surface area (Å²) in [5, 5.41) is 12.6. The summed E-state index contributed by atoms with van der Waals surface area (Å²) in [4.78, 5) is 2.59. The molecule has 2 rings (SSSR count). The molecule has 0 bridgehead atoms. The van der Waals surface area contributed by atoms with Crippen LogP contribution in [0.4, 0.5) is 0 Å². The Kier molecular flexibility index (Phi) is 4.64. The van der Waals surface area contributed by atoms with Crippen LogP contribution in [0.2, 0.25) is 0 Å². The van der Waals surface area contributed by atoms with Gasteiger partial charge in [0.25, 0.3) is 0 Å². The first kappa shape index (κ1) is 13.8. The van der Waals surface area contributed by atoms with Crippen molar-refractivity contribution >= 4 is 0 Å². The fourth-order valence-corrected chi connectivity index (χ4v) is 2.99. The van der Waals surface area contributed by atoms with Gasteiger partial charge in [0.1, 0.15) is 0 Å². The average molecular weight is 249 g/mol. The van der Waals surface area contributed by atoms with Gasteiger partial charge in [-0.25, -0.2) is 0 Å². The predicted molar refractivity (Wildman–Crippen MR) is 74.2 cm³/mol. The van der Waals surface area contributed by atoms with E-state index in [9.17, 15) is 0 Å². The summed E-state index contributed by atoms with van der Waals surface area (Å²) in [7, 11) is 0. The molecule has 1 unspecified atom stereocenters. The van der Waals surface area contributed by atoms with E-state index < -0.39 is 0 Å². The maximum absolute atomic E-state index is 8.93. The van der Waals surface area contributed by atoms with Crippen molar-refractivity contribution in [1.82, 2.24) is 10.2 Å². The van der Waals surface area contributed by atoms with Gasteiger partial charge in [0.2, 0.25) is 0 Å². The molecule has 1 saturated heterocycles. The molecule has 0 amide bonds. The first-order chi connectivity index (χ1) is 8.65. The number of nitriles is 1. The van der Waals surface area contributed by atoms with Crippen molar-refractivity contribution in [1.29, 1.82) is 5.26 Å². The summed E-state index contributed by atoms with van der Waals surface area (Å²) in [6, 6.07) is 3.63. The van der Waals surface area contributed by atoms with Gasteiger partial charge in [0.15, 0.2) is 0 Å². The number of hydrogen-bond acceptors (Lipinski definition) is 3. The van der Waals surface area contributed by atoms with Crippen LogP contribution >= 0.6 is 0 Å². The second-order valence-electron chi connectivity index (χ2n) is 6.50. The van der Waals surface area contributed by atoms with Crippen molar-refractivity contribution in [2.45, 2.75) is 64.5 Å². The van der Waals surface area contributed by atoms with E-state index in [2.05, 4.69) is 30.1 Å². The first-order valence-corrected chi connectivity index (χ1v) is 7.50. The quantitative estimate of drug-likeness (QED) is 0.786. The highest BCUT2D eigenvalue weighted by molar-refractivity contribution is 5.01. The van der Waals surface area contributed by atoms with E-state index in [4.69, 9.17) is 5.26 Å². The lowest BCUT2D eigenvalue weighted by Crippen LogP contribution is -2.47. The van der Waals surface area contributed by atoms with Gasteiger partial charge >= 0.3 is 0 Å². The second kappa shape index (κ2) is 6.04. The lowest BCUT2D eigenvalue weighted by molar-refractivity contribution is 0.152. The van der Waals surface area contributed by atoms with Crippen molar-refractivity contribution in [2.24, 2.45) is 5.41 Å². The van der Waals surface area contributed by atoms with Gasteiger partial charge in [-0.1, -0.05) is 6.42 Å². The molecule has 1 saturated carbocycles. The predicted octanol–water partition coefficient (Wildman–Crippen LogP) is 2.53. The van der Waals surface area contributed by atoms with Crippen LogP contribution in [0.5, 0.6) is 0 Å². The van der Waals surface area contributed by atoms with E-state index in [-0.39, 0.29) is 0 Å². The summed E-state index contributed by atoms with van der Waals surface area (Å²) in [5.74, 6) is 0. The number of nitrogens with zero attached hydrogens (tertiary/aromatic N) is 2. The maximum atomic E-state index is 8.93. The van der Waals surface area contributed by atoms with Crippen molar-refractivity contribution < 1.29 is 0 Å². The van der Waals surface area contributed by atoms with Crippen molar-refractivity contribution in [2.75, 3.05) is 19.6 Å². The van der Waals surface area contributed by atoms with Crippen LogP contribution in [-0.4, -0.2) is 36.6 Å². The second-order valence-corrected chi connectivity index (χ2v) is 6.50. The van der Waals surface area contributed by atoms with E-state index >= 15 is 0 Å². The third-order valence-corrected chi connectivity index (χ3v) is 4.55. The van der Waals surface area contributed by atoms with Crippen molar-refractivity contribution in [3.05, 3.63) is 0 Å². The molecular weight excluding hydrogens is 222 g/mol. The molecule has 1 aliphatic carbocycles. The summed E-state index contributed by atoms with van der Waals surface area (Å²) in [5.41, 5.74) is 0.341. The van der Waals surface area contributed by atoms with Gasteiger partial charge in [-0.15, -0.1) is 0 Å². The zero-order chi connectivity index (χ0) is 13.0. The fraction of sp³-hybridized carbons (Fsp3) is 0.933. The Morgan fingerprint density at radius 1 is 1.39 bits per heavy atom. The van der Waals surface area contributed by atoms with Crippen LogP contribution in [-0.2, 0) is 0 Å². The molecule has 2 fully saturated rings. The third-order valence-electron chi connectivity index (χ3n) is 4.55. The van der Waals surface area contributed by atoms with E-state index in [1.54, 1.807) is 0 Å². The molecule has 1 N–H and O–H groups in total. The van der Waals surface area contributed by atoms with Crippen LogP contribution in [0.15, 0.2) is 0 Å². The largest absolute Gasteiger partial charge is 0.313 e. The molecule has 0 radical (unpaired) electrons. The number of hydrogen-bond donors (Lipinski definition) is 1. The Bertz CT molecular complexity index is 295. The van der Waals surface area contributed by atoms with Gasteiger partial charge in [-0.05, 0) is 51.5 Å². The first-order valence-electron chi connectivity index (χ1n) is 7.50. The number of rotatable bonds is 6. The Morgan fingerprint density at radius 3 is 2.67 bits per heavy atom. The zero-order valence-corrected chi connectivity index (χ0v) is 11.9. The summed E-state index contributed by atoms with van der Waals surface area (Å²) < 4.78 is 0. The molecule has 3 nitrogen and oxygen atoms in total. The minimum absolute atomic E-state index is 0.341. The van der Waals surface area contributed by atoms with Crippen LogP contribution in [0.1, 0.15) is 52.4 Å². The summed E-state index contributed by atoms with van der Waals surface area (Å²) >= 11 is 0. The van der Waals surface area contributed by atoms with Gasteiger partial charge in [0.05, 0.1) is 6.07 Å². The normalized spacial score (nSPS) is 26.3. The molecule has 18 heavy (non-hydrogen) atoms. The molecule has 1 atom stereocenters. The Morgan fingerprint density at radius 2 is 2.17 bits per heavy atom. The average Bonchev–Trinajstić information content (AvgIpc) is 3.10. The monoisotopic (exact) mass is 249 g/mol.